The van der Waals surface area contributed by atoms with E-state index in [0.717, 1.165) is 48.5 Å². The highest BCUT2D eigenvalue weighted by molar-refractivity contribution is 8.04. The Bertz CT molecular complexity index is 1000. The number of rotatable bonds is 2. The van der Waals surface area contributed by atoms with E-state index in [1.165, 1.54) is 11.1 Å². The monoisotopic (exact) mass is 417 g/mol. The Hall–Kier alpha value is -1.00. The molecule has 0 aromatic carbocycles. The predicted octanol–water partition coefficient (Wildman–Crippen LogP) is 5.99. The van der Waals surface area contributed by atoms with Gasteiger partial charge in [0.15, 0.2) is 6.23 Å². The summed E-state index contributed by atoms with van der Waals surface area (Å²) in [4.78, 5) is 5.43. The van der Waals surface area contributed by atoms with E-state index in [1.54, 1.807) is 11.8 Å². The highest BCUT2D eigenvalue weighted by atomic mass is 32.2. The molecule has 1 N–H and O–H groups in total. The lowest BCUT2D eigenvalue weighted by molar-refractivity contribution is 0.128. The summed E-state index contributed by atoms with van der Waals surface area (Å²) < 4.78 is 47.6. The minimum absolute atomic E-state index is 0.0947. The Balaban J connectivity index is 1.46. The quantitative estimate of drug-likeness (QED) is 0.599. The minimum atomic E-state index is -2.14. The van der Waals surface area contributed by atoms with E-state index in [1.807, 2.05) is 20.8 Å². The summed E-state index contributed by atoms with van der Waals surface area (Å²) in [6, 6.07) is 0.0947. The van der Waals surface area contributed by atoms with Gasteiger partial charge in [0.25, 0.3) is 0 Å². The zero-order valence-electron chi connectivity index (χ0n) is 23.0. The molecule has 5 atom stereocenters. The zero-order valence-corrected chi connectivity index (χ0v) is 18.8. The molecule has 0 radical (unpaired) electrons. The standard InChI is InChI=1S/C25H36N2OS/c1-14-9-10-18-17-7-6-8-19(22(17)28-24(18)27-14)21-23-16(11-12-26-21)15(2)20(29-23)13-25(3,4)5/h11,17-18,21,23-24,26H,6-10,12-13H2,1-5H3/t17-,18?,21?,23-,24?/m0/s1/i1D3,13D2. The molecule has 3 unspecified atom stereocenters. The summed E-state index contributed by atoms with van der Waals surface area (Å²) in [5.41, 5.74) is 3.45. The van der Waals surface area contributed by atoms with E-state index in [0.29, 0.717) is 18.1 Å². The molecule has 0 amide bonds. The van der Waals surface area contributed by atoms with Crippen molar-refractivity contribution in [2.24, 2.45) is 22.2 Å². The third-order valence-electron chi connectivity index (χ3n) is 6.89. The van der Waals surface area contributed by atoms with Crippen LogP contribution in [0.15, 0.2) is 38.5 Å². The Labute approximate surface area is 187 Å². The number of allylic oxidation sites excluding steroid dienone is 3. The second-order valence-corrected chi connectivity index (χ2v) is 11.2. The first-order chi connectivity index (χ1) is 15.8. The van der Waals surface area contributed by atoms with Gasteiger partial charge in [-0.2, -0.15) is 0 Å². The number of fused-ring (bicyclic) bond motifs is 4. The molecular weight excluding hydrogens is 376 g/mol. The molecule has 5 aliphatic rings. The molecular formula is C25H36N2OS. The maximum atomic E-state index is 8.91. The van der Waals surface area contributed by atoms with Crippen molar-refractivity contribution in [1.82, 2.24) is 5.32 Å². The summed E-state index contributed by atoms with van der Waals surface area (Å²) in [5, 5.41) is 3.84. The van der Waals surface area contributed by atoms with E-state index in [9.17, 15) is 0 Å². The summed E-state index contributed by atoms with van der Waals surface area (Å²) in [6.45, 7) is 6.61. The average molecular weight is 418 g/mol. The first-order valence-corrected chi connectivity index (χ1v) is 12.0. The van der Waals surface area contributed by atoms with Gasteiger partial charge < -0.3 is 10.1 Å². The molecule has 3 nitrogen and oxygen atoms in total. The SMILES string of the molecule is [2H]C([2H])([2H])C1=NC2OC3=C(C4NCC=C5C(C)=C(C([2H])([2H])C(C)(C)C)S[C@@H]54)CCC[C@H]3C2CC1. The average Bonchev–Trinajstić information content (AvgIpc) is 3.30. The van der Waals surface area contributed by atoms with Crippen LogP contribution in [0.25, 0.3) is 0 Å². The van der Waals surface area contributed by atoms with Crippen molar-refractivity contribution in [3.8, 4) is 0 Å². The summed E-state index contributed by atoms with van der Waals surface area (Å²) >= 11 is 1.68. The van der Waals surface area contributed by atoms with Crippen LogP contribution >= 0.6 is 11.8 Å². The van der Waals surface area contributed by atoms with Gasteiger partial charge in [0.2, 0.25) is 0 Å². The topological polar surface area (TPSA) is 33.6 Å². The van der Waals surface area contributed by atoms with E-state index >= 15 is 0 Å². The van der Waals surface area contributed by atoms with E-state index in [4.69, 9.17) is 11.6 Å². The number of aliphatic imine (C=N–C) groups is 1. The first kappa shape index (κ1) is 14.9. The summed E-state index contributed by atoms with van der Waals surface area (Å²) in [7, 11) is 0. The van der Waals surface area contributed by atoms with E-state index in [2.05, 4.69) is 23.3 Å². The molecule has 158 valence electrons. The highest BCUT2D eigenvalue weighted by Gasteiger charge is 2.48. The fourth-order valence-electron chi connectivity index (χ4n) is 5.60. The van der Waals surface area contributed by atoms with Crippen molar-refractivity contribution >= 4 is 17.5 Å². The smallest absolute Gasteiger partial charge is 0.192 e. The molecule has 1 aliphatic carbocycles. The molecule has 0 bridgehead atoms. The van der Waals surface area contributed by atoms with Crippen LogP contribution in [0, 0.1) is 17.3 Å². The fourth-order valence-corrected chi connectivity index (χ4v) is 7.31. The van der Waals surface area contributed by atoms with Crippen LogP contribution in [0.4, 0.5) is 0 Å². The molecule has 0 saturated carbocycles. The van der Waals surface area contributed by atoms with Gasteiger partial charge in [-0.05, 0) is 79.3 Å². The summed E-state index contributed by atoms with van der Waals surface area (Å²) in [6.07, 6.45) is 4.92. The number of nitrogens with zero attached hydrogens (tertiary/aromatic N) is 1. The van der Waals surface area contributed by atoms with Gasteiger partial charge in [0.05, 0.1) is 5.25 Å². The number of hydrogen-bond donors (Lipinski definition) is 1. The van der Waals surface area contributed by atoms with Crippen LogP contribution < -0.4 is 5.32 Å². The number of hydrogen-bond acceptors (Lipinski definition) is 4. The van der Waals surface area contributed by atoms with E-state index < -0.39 is 18.6 Å². The van der Waals surface area contributed by atoms with Crippen molar-refractivity contribution in [2.75, 3.05) is 6.54 Å². The lowest BCUT2D eigenvalue weighted by Crippen LogP contribution is -2.44. The number of nitrogens with one attached hydrogen (secondary N) is 1. The van der Waals surface area contributed by atoms with Crippen LogP contribution in [0.5, 0.6) is 0 Å². The van der Waals surface area contributed by atoms with Crippen molar-refractivity contribution in [3.63, 3.8) is 0 Å². The largest absolute Gasteiger partial charge is 0.472 e. The van der Waals surface area contributed by atoms with Gasteiger partial charge in [-0.1, -0.05) is 26.8 Å². The van der Waals surface area contributed by atoms with Gasteiger partial charge >= 0.3 is 0 Å². The van der Waals surface area contributed by atoms with Gasteiger partial charge in [-0.3, -0.25) is 4.99 Å². The van der Waals surface area contributed by atoms with E-state index in [-0.39, 0.29) is 23.4 Å². The van der Waals surface area contributed by atoms with Crippen LogP contribution in [0.2, 0.25) is 0 Å². The van der Waals surface area contributed by atoms with Gasteiger partial charge in [0.1, 0.15) is 5.76 Å². The molecule has 0 spiro atoms. The van der Waals surface area contributed by atoms with Crippen LogP contribution in [-0.4, -0.2) is 29.8 Å². The third kappa shape index (κ3) is 3.54. The van der Waals surface area contributed by atoms with Crippen molar-refractivity contribution in [3.05, 3.63) is 33.5 Å². The summed E-state index contributed by atoms with van der Waals surface area (Å²) in [5.74, 6) is 1.62. The Morgan fingerprint density at radius 3 is 3.00 bits per heavy atom. The molecule has 4 aliphatic heterocycles. The van der Waals surface area contributed by atoms with Crippen LogP contribution in [-0.2, 0) is 4.74 Å². The molecule has 1 fully saturated rings. The highest BCUT2D eigenvalue weighted by Crippen LogP contribution is 2.53. The lowest BCUT2D eigenvalue weighted by atomic mass is 9.76. The van der Waals surface area contributed by atoms with Crippen molar-refractivity contribution < 1.29 is 11.6 Å². The molecule has 0 aromatic rings. The fraction of sp³-hybridized carbons (Fsp3) is 0.720. The zero-order chi connectivity index (χ0) is 24.6. The third-order valence-corrected chi connectivity index (χ3v) is 8.32. The molecule has 1 saturated heterocycles. The van der Waals surface area contributed by atoms with Gasteiger partial charge in [0, 0.05) is 37.0 Å². The Kier molecular flexibility index (Phi) is 3.75. The molecule has 29 heavy (non-hydrogen) atoms. The predicted molar refractivity (Wildman–Crippen MR) is 123 cm³/mol. The van der Waals surface area contributed by atoms with Gasteiger partial charge in [-0.25, -0.2) is 0 Å². The maximum absolute atomic E-state index is 8.91. The molecule has 4 heterocycles. The molecule has 0 aromatic heterocycles. The number of ether oxygens (including phenoxy) is 1. The van der Waals surface area contributed by atoms with Crippen molar-refractivity contribution in [2.45, 2.75) is 90.5 Å². The van der Waals surface area contributed by atoms with Crippen molar-refractivity contribution in [1.29, 1.82) is 0 Å². The maximum Gasteiger partial charge on any atom is 0.192 e. The van der Waals surface area contributed by atoms with Crippen LogP contribution in [0.1, 0.15) is 79.9 Å². The Morgan fingerprint density at radius 1 is 1.34 bits per heavy atom. The second-order valence-electron chi connectivity index (χ2n) is 10.1. The minimum Gasteiger partial charge on any atom is -0.472 e. The Morgan fingerprint density at radius 2 is 2.21 bits per heavy atom. The molecule has 5 rings (SSSR count). The normalized spacial score (nSPS) is 40.4. The van der Waals surface area contributed by atoms with Gasteiger partial charge in [-0.15, -0.1) is 11.8 Å². The lowest BCUT2D eigenvalue weighted by Gasteiger charge is -2.35. The second kappa shape index (κ2) is 7.30. The first-order valence-electron chi connectivity index (χ1n) is 13.6. The number of thioether (sulfide) groups is 1. The molecule has 4 heteroatoms. The van der Waals surface area contributed by atoms with Crippen LogP contribution in [0.3, 0.4) is 0 Å².